The molecule has 0 aliphatic heterocycles. The lowest BCUT2D eigenvalue weighted by Crippen LogP contribution is -2.40. The van der Waals surface area contributed by atoms with Crippen molar-refractivity contribution in [1.82, 2.24) is 5.32 Å². The lowest BCUT2D eigenvalue weighted by atomic mass is 10.1. The third-order valence-corrected chi connectivity index (χ3v) is 3.00. The van der Waals surface area contributed by atoms with E-state index in [4.69, 9.17) is 28.3 Å². The van der Waals surface area contributed by atoms with Gasteiger partial charge in [0.25, 0.3) is 5.91 Å². The molecule has 2 N–H and O–H groups in total. The predicted molar refractivity (Wildman–Crippen MR) is 70.3 cm³/mol. The fraction of sp³-hybridized carbons (Fsp3) is 0.333. The van der Waals surface area contributed by atoms with Crippen molar-refractivity contribution in [1.29, 1.82) is 0 Å². The molecule has 0 unspecified atom stereocenters. The number of carboxylic acid groups (broad SMARTS) is 1. The highest BCUT2D eigenvalue weighted by molar-refractivity contribution is 6.39. The van der Waals surface area contributed by atoms with Gasteiger partial charge in [-0.2, -0.15) is 0 Å². The molecule has 1 aromatic rings. The second-order valence-electron chi connectivity index (χ2n) is 3.75. The molecular weight excluding hydrogens is 277 g/mol. The van der Waals surface area contributed by atoms with Crippen LogP contribution in [0.1, 0.15) is 30.1 Å². The average Bonchev–Trinajstić information content (AvgIpc) is 2.28. The molecule has 1 aromatic carbocycles. The molecule has 1 atom stereocenters. The molecule has 0 aliphatic carbocycles. The standard InChI is InChI=1S/C12H13Cl2NO3/c1-2-4-9(12(17)18)15-11(16)10-7(13)5-3-6-8(10)14/h3,5-6,9H,2,4H2,1H3,(H,15,16)(H,17,18)/t9-/m0/s1. The molecule has 98 valence electrons. The first kappa shape index (κ1) is 14.8. The highest BCUT2D eigenvalue weighted by Crippen LogP contribution is 2.24. The summed E-state index contributed by atoms with van der Waals surface area (Å²) in [7, 11) is 0. The summed E-state index contributed by atoms with van der Waals surface area (Å²) in [4.78, 5) is 22.9. The highest BCUT2D eigenvalue weighted by atomic mass is 35.5. The number of carbonyl (C=O) groups excluding carboxylic acids is 1. The van der Waals surface area contributed by atoms with E-state index in [2.05, 4.69) is 5.32 Å². The lowest BCUT2D eigenvalue weighted by molar-refractivity contribution is -0.139. The monoisotopic (exact) mass is 289 g/mol. The van der Waals surface area contributed by atoms with Crippen LogP contribution in [0.25, 0.3) is 0 Å². The van der Waals surface area contributed by atoms with Crippen molar-refractivity contribution < 1.29 is 14.7 Å². The first-order valence-electron chi connectivity index (χ1n) is 5.45. The van der Waals surface area contributed by atoms with Gasteiger partial charge in [0.05, 0.1) is 15.6 Å². The molecule has 1 amide bonds. The van der Waals surface area contributed by atoms with Crippen LogP contribution in [0.15, 0.2) is 18.2 Å². The largest absolute Gasteiger partial charge is 0.480 e. The topological polar surface area (TPSA) is 66.4 Å². The van der Waals surface area contributed by atoms with Crippen LogP contribution >= 0.6 is 23.2 Å². The summed E-state index contributed by atoms with van der Waals surface area (Å²) < 4.78 is 0. The zero-order valence-electron chi connectivity index (χ0n) is 9.74. The Bertz CT molecular complexity index is 442. The summed E-state index contributed by atoms with van der Waals surface area (Å²) >= 11 is 11.7. The van der Waals surface area contributed by atoms with Crippen LogP contribution in [-0.2, 0) is 4.79 Å². The number of amides is 1. The maximum atomic E-state index is 11.9. The fourth-order valence-corrected chi connectivity index (χ4v) is 2.06. The molecule has 0 aliphatic rings. The second-order valence-corrected chi connectivity index (χ2v) is 4.56. The molecule has 6 heteroatoms. The van der Waals surface area contributed by atoms with E-state index < -0.39 is 17.9 Å². The summed E-state index contributed by atoms with van der Waals surface area (Å²) in [6.07, 6.45) is 0.997. The Hall–Kier alpha value is -1.26. The van der Waals surface area contributed by atoms with Crippen molar-refractivity contribution >= 4 is 35.1 Å². The van der Waals surface area contributed by atoms with Gasteiger partial charge in [-0.15, -0.1) is 0 Å². The molecule has 0 aromatic heterocycles. The number of carbonyl (C=O) groups is 2. The Balaban J connectivity index is 2.90. The number of hydrogen-bond acceptors (Lipinski definition) is 2. The number of rotatable bonds is 5. The van der Waals surface area contributed by atoms with Gasteiger partial charge in [-0.3, -0.25) is 4.79 Å². The first-order valence-corrected chi connectivity index (χ1v) is 6.20. The number of aliphatic carboxylic acids is 1. The molecule has 1 rings (SSSR count). The Kier molecular flexibility index (Phi) is 5.44. The molecule has 0 fully saturated rings. The van der Waals surface area contributed by atoms with Crippen LogP contribution in [0.4, 0.5) is 0 Å². The third-order valence-electron chi connectivity index (χ3n) is 2.37. The van der Waals surface area contributed by atoms with Gasteiger partial charge in [-0.1, -0.05) is 42.6 Å². The first-order chi connectivity index (χ1) is 8.47. The Morgan fingerprint density at radius 1 is 1.33 bits per heavy atom. The summed E-state index contributed by atoms with van der Waals surface area (Å²) in [5.74, 6) is -1.65. The van der Waals surface area contributed by atoms with Crippen LogP contribution < -0.4 is 5.32 Å². The van der Waals surface area contributed by atoms with Crippen LogP contribution in [0, 0.1) is 0 Å². The second kappa shape index (κ2) is 6.61. The quantitative estimate of drug-likeness (QED) is 0.876. The fourth-order valence-electron chi connectivity index (χ4n) is 1.49. The summed E-state index contributed by atoms with van der Waals surface area (Å²) in [6.45, 7) is 1.84. The smallest absolute Gasteiger partial charge is 0.326 e. The molecule has 0 saturated carbocycles. The zero-order valence-corrected chi connectivity index (χ0v) is 11.3. The average molecular weight is 290 g/mol. The minimum Gasteiger partial charge on any atom is -0.480 e. The van der Waals surface area contributed by atoms with Crippen LogP contribution in [-0.4, -0.2) is 23.0 Å². The normalized spacial score (nSPS) is 11.9. The van der Waals surface area contributed by atoms with Crippen LogP contribution in [0.3, 0.4) is 0 Å². The Morgan fingerprint density at radius 3 is 2.33 bits per heavy atom. The van der Waals surface area contributed by atoms with Crippen LogP contribution in [0.5, 0.6) is 0 Å². The van der Waals surface area contributed by atoms with Gasteiger partial charge >= 0.3 is 5.97 Å². The Labute approximate surface area is 115 Å². The maximum Gasteiger partial charge on any atom is 0.326 e. The summed E-state index contributed by atoms with van der Waals surface area (Å²) in [5, 5.41) is 11.8. The molecule has 0 radical (unpaired) electrons. The van der Waals surface area contributed by atoms with E-state index in [0.717, 1.165) is 0 Å². The van der Waals surface area contributed by atoms with Crippen molar-refractivity contribution in [2.24, 2.45) is 0 Å². The number of benzene rings is 1. The molecule has 0 spiro atoms. The SMILES string of the molecule is CCC[C@H](NC(=O)c1c(Cl)cccc1Cl)C(=O)O. The van der Waals surface area contributed by atoms with Gasteiger partial charge in [0, 0.05) is 0 Å². The van der Waals surface area contributed by atoms with Crippen LogP contribution in [0.2, 0.25) is 10.0 Å². The molecule has 0 saturated heterocycles. The highest BCUT2D eigenvalue weighted by Gasteiger charge is 2.22. The Morgan fingerprint density at radius 2 is 1.89 bits per heavy atom. The number of nitrogens with one attached hydrogen (secondary N) is 1. The minimum absolute atomic E-state index is 0.100. The summed E-state index contributed by atoms with van der Waals surface area (Å²) in [5.41, 5.74) is 0.100. The van der Waals surface area contributed by atoms with E-state index in [1.165, 1.54) is 12.1 Å². The minimum atomic E-state index is -1.08. The number of carboxylic acids is 1. The number of hydrogen-bond donors (Lipinski definition) is 2. The molecule has 4 nitrogen and oxygen atoms in total. The predicted octanol–water partition coefficient (Wildman–Crippen LogP) is 2.98. The van der Waals surface area contributed by atoms with Crippen molar-refractivity contribution in [2.45, 2.75) is 25.8 Å². The molecular formula is C12H13Cl2NO3. The lowest BCUT2D eigenvalue weighted by Gasteiger charge is -2.14. The molecule has 0 bridgehead atoms. The maximum absolute atomic E-state index is 11.9. The summed E-state index contributed by atoms with van der Waals surface area (Å²) in [6, 6.07) is 3.73. The van der Waals surface area contributed by atoms with Gasteiger partial charge in [-0.25, -0.2) is 4.79 Å². The van der Waals surface area contributed by atoms with E-state index in [0.29, 0.717) is 12.8 Å². The van der Waals surface area contributed by atoms with E-state index in [1.54, 1.807) is 6.07 Å². The van der Waals surface area contributed by atoms with Crippen molar-refractivity contribution in [3.8, 4) is 0 Å². The van der Waals surface area contributed by atoms with E-state index in [9.17, 15) is 9.59 Å². The van der Waals surface area contributed by atoms with E-state index >= 15 is 0 Å². The van der Waals surface area contributed by atoms with Gasteiger partial charge in [-0.05, 0) is 18.6 Å². The molecule has 0 heterocycles. The van der Waals surface area contributed by atoms with E-state index in [-0.39, 0.29) is 15.6 Å². The van der Waals surface area contributed by atoms with Crippen molar-refractivity contribution in [3.05, 3.63) is 33.8 Å². The van der Waals surface area contributed by atoms with Gasteiger partial charge in [0.1, 0.15) is 6.04 Å². The van der Waals surface area contributed by atoms with Gasteiger partial charge in [0.2, 0.25) is 0 Å². The van der Waals surface area contributed by atoms with E-state index in [1.807, 2.05) is 6.92 Å². The number of halogens is 2. The van der Waals surface area contributed by atoms with Gasteiger partial charge < -0.3 is 10.4 Å². The molecule has 18 heavy (non-hydrogen) atoms. The zero-order chi connectivity index (χ0) is 13.7. The van der Waals surface area contributed by atoms with Gasteiger partial charge in [0.15, 0.2) is 0 Å². The third kappa shape index (κ3) is 3.62. The van der Waals surface area contributed by atoms with Crippen molar-refractivity contribution in [2.75, 3.05) is 0 Å². The van der Waals surface area contributed by atoms with Crippen molar-refractivity contribution in [3.63, 3.8) is 0 Å².